The minimum absolute atomic E-state index is 0.0196. The van der Waals surface area contributed by atoms with E-state index in [1.807, 2.05) is 17.5 Å². The molecule has 0 aliphatic rings. The van der Waals surface area contributed by atoms with Gasteiger partial charge in [0.05, 0.1) is 4.92 Å². The van der Waals surface area contributed by atoms with Crippen LogP contribution in [0.15, 0.2) is 47.9 Å². The molecule has 2 aromatic rings. The fourth-order valence-corrected chi connectivity index (χ4v) is 2.01. The van der Waals surface area contributed by atoms with Gasteiger partial charge in [-0.1, -0.05) is 6.07 Å². The largest absolute Gasteiger partial charge is 0.289 e. The average molecular weight is 259 g/mol. The highest BCUT2D eigenvalue weighted by Gasteiger charge is 2.07. The van der Waals surface area contributed by atoms with Crippen LogP contribution in [0.5, 0.6) is 0 Å². The molecule has 2 rings (SSSR count). The van der Waals surface area contributed by atoms with Gasteiger partial charge in [-0.2, -0.15) is 0 Å². The fraction of sp³-hybridized carbons (Fsp3) is 0. The average Bonchev–Trinajstić information content (AvgIpc) is 2.89. The first kappa shape index (κ1) is 12.2. The molecule has 5 heteroatoms. The SMILES string of the molecule is O=C(/C=C\c1cccs1)c1ccc([N+](=O)[O-])cc1. The van der Waals surface area contributed by atoms with Crippen LogP contribution in [0.25, 0.3) is 6.08 Å². The molecule has 1 aromatic carbocycles. The number of nitrogens with zero attached hydrogens (tertiary/aromatic N) is 1. The third-order valence-electron chi connectivity index (χ3n) is 2.30. The van der Waals surface area contributed by atoms with Gasteiger partial charge >= 0.3 is 0 Å². The maximum absolute atomic E-state index is 11.8. The lowest BCUT2D eigenvalue weighted by Crippen LogP contribution is -1.94. The Balaban J connectivity index is 2.12. The summed E-state index contributed by atoms with van der Waals surface area (Å²) < 4.78 is 0. The molecule has 1 heterocycles. The second-order valence-corrected chi connectivity index (χ2v) is 4.50. The van der Waals surface area contributed by atoms with Crippen LogP contribution in [0, 0.1) is 10.1 Å². The fourth-order valence-electron chi connectivity index (χ4n) is 1.39. The third kappa shape index (κ3) is 2.89. The van der Waals surface area contributed by atoms with E-state index in [-0.39, 0.29) is 11.5 Å². The first-order valence-corrected chi connectivity index (χ1v) is 6.05. The normalized spacial score (nSPS) is 10.7. The van der Waals surface area contributed by atoms with Gasteiger partial charge in [-0.05, 0) is 35.7 Å². The molecular formula is C13H9NO3S. The number of benzene rings is 1. The molecule has 0 fully saturated rings. The van der Waals surface area contributed by atoms with E-state index < -0.39 is 4.92 Å². The van der Waals surface area contributed by atoms with E-state index >= 15 is 0 Å². The molecule has 0 N–H and O–H groups in total. The Morgan fingerprint density at radius 2 is 1.94 bits per heavy atom. The number of nitro groups is 1. The molecule has 0 aliphatic heterocycles. The molecule has 0 amide bonds. The van der Waals surface area contributed by atoms with Gasteiger partial charge in [-0.15, -0.1) is 11.3 Å². The molecule has 90 valence electrons. The Hall–Kier alpha value is -2.27. The third-order valence-corrected chi connectivity index (χ3v) is 3.14. The molecule has 0 saturated carbocycles. The topological polar surface area (TPSA) is 60.2 Å². The number of nitro benzene ring substituents is 1. The van der Waals surface area contributed by atoms with E-state index in [1.54, 1.807) is 6.08 Å². The van der Waals surface area contributed by atoms with Crippen LogP contribution in [0.4, 0.5) is 5.69 Å². The maximum Gasteiger partial charge on any atom is 0.269 e. The van der Waals surface area contributed by atoms with Crippen molar-refractivity contribution >= 4 is 28.9 Å². The highest BCUT2D eigenvalue weighted by molar-refractivity contribution is 7.10. The van der Waals surface area contributed by atoms with Crippen molar-refractivity contribution in [1.82, 2.24) is 0 Å². The summed E-state index contributed by atoms with van der Waals surface area (Å²) in [5, 5.41) is 12.4. The second-order valence-electron chi connectivity index (χ2n) is 3.52. The minimum atomic E-state index is -0.490. The van der Waals surface area contributed by atoms with Crippen molar-refractivity contribution in [3.05, 3.63) is 68.4 Å². The Bertz CT molecular complexity index is 585. The Morgan fingerprint density at radius 3 is 2.50 bits per heavy atom. The Morgan fingerprint density at radius 1 is 1.22 bits per heavy atom. The highest BCUT2D eigenvalue weighted by Crippen LogP contribution is 2.14. The Labute approximate surface area is 107 Å². The van der Waals surface area contributed by atoms with Crippen molar-refractivity contribution in [3.8, 4) is 0 Å². The van der Waals surface area contributed by atoms with Crippen LogP contribution in [0.3, 0.4) is 0 Å². The molecule has 18 heavy (non-hydrogen) atoms. The monoisotopic (exact) mass is 259 g/mol. The molecule has 0 atom stereocenters. The van der Waals surface area contributed by atoms with E-state index in [2.05, 4.69) is 0 Å². The van der Waals surface area contributed by atoms with E-state index in [4.69, 9.17) is 0 Å². The zero-order valence-corrected chi connectivity index (χ0v) is 10.1. The van der Waals surface area contributed by atoms with Crippen molar-refractivity contribution in [2.24, 2.45) is 0 Å². The molecule has 0 saturated heterocycles. The zero-order chi connectivity index (χ0) is 13.0. The predicted molar refractivity (Wildman–Crippen MR) is 70.8 cm³/mol. The Kier molecular flexibility index (Phi) is 3.64. The van der Waals surface area contributed by atoms with E-state index in [0.717, 1.165) is 4.88 Å². The van der Waals surface area contributed by atoms with Gasteiger partial charge in [0.25, 0.3) is 5.69 Å². The summed E-state index contributed by atoms with van der Waals surface area (Å²) in [6, 6.07) is 9.38. The maximum atomic E-state index is 11.8. The molecule has 0 aliphatic carbocycles. The quantitative estimate of drug-likeness (QED) is 0.365. The van der Waals surface area contributed by atoms with E-state index in [1.165, 1.54) is 41.7 Å². The smallest absolute Gasteiger partial charge is 0.269 e. The number of carbonyl (C=O) groups is 1. The number of thiophene rings is 1. The summed E-state index contributed by atoms with van der Waals surface area (Å²) in [5.41, 5.74) is 0.419. The number of non-ortho nitro benzene ring substituents is 1. The lowest BCUT2D eigenvalue weighted by atomic mass is 10.1. The van der Waals surface area contributed by atoms with Crippen molar-refractivity contribution in [3.63, 3.8) is 0 Å². The van der Waals surface area contributed by atoms with Crippen LogP contribution in [-0.4, -0.2) is 10.7 Å². The zero-order valence-electron chi connectivity index (χ0n) is 9.28. The summed E-state index contributed by atoms with van der Waals surface area (Å²) in [6.45, 7) is 0. The van der Waals surface area contributed by atoms with Gasteiger partial charge < -0.3 is 0 Å². The molecular weight excluding hydrogens is 250 g/mol. The van der Waals surface area contributed by atoms with Gasteiger partial charge in [0.15, 0.2) is 5.78 Å². The minimum Gasteiger partial charge on any atom is -0.289 e. The van der Waals surface area contributed by atoms with Crippen molar-refractivity contribution < 1.29 is 9.72 Å². The van der Waals surface area contributed by atoms with Crippen LogP contribution in [0.2, 0.25) is 0 Å². The van der Waals surface area contributed by atoms with Crippen LogP contribution >= 0.6 is 11.3 Å². The standard InChI is InChI=1S/C13H9NO3S/c15-13(8-7-12-2-1-9-18-12)10-3-5-11(6-4-10)14(16)17/h1-9H/b8-7-. The molecule has 0 spiro atoms. The van der Waals surface area contributed by atoms with Crippen LogP contribution in [0.1, 0.15) is 15.2 Å². The van der Waals surface area contributed by atoms with Crippen molar-refractivity contribution in [2.45, 2.75) is 0 Å². The summed E-state index contributed by atoms with van der Waals surface area (Å²) in [4.78, 5) is 22.7. The lowest BCUT2D eigenvalue weighted by Gasteiger charge is -1.95. The second kappa shape index (κ2) is 5.37. The number of hydrogen-bond donors (Lipinski definition) is 0. The summed E-state index contributed by atoms with van der Waals surface area (Å²) >= 11 is 1.54. The van der Waals surface area contributed by atoms with Crippen molar-refractivity contribution in [1.29, 1.82) is 0 Å². The van der Waals surface area contributed by atoms with E-state index in [0.29, 0.717) is 5.56 Å². The molecule has 4 nitrogen and oxygen atoms in total. The highest BCUT2D eigenvalue weighted by atomic mass is 32.1. The van der Waals surface area contributed by atoms with Crippen LogP contribution in [-0.2, 0) is 0 Å². The first-order chi connectivity index (χ1) is 8.66. The molecule has 1 aromatic heterocycles. The predicted octanol–water partition coefficient (Wildman–Crippen LogP) is 3.55. The number of ketones is 1. The molecule has 0 unspecified atom stereocenters. The van der Waals surface area contributed by atoms with Gasteiger partial charge in [0, 0.05) is 22.6 Å². The van der Waals surface area contributed by atoms with Crippen LogP contribution < -0.4 is 0 Å². The number of rotatable bonds is 4. The van der Waals surface area contributed by atoms with E-state index in [9.17, 15) is 14.9 Å². The summed E-state index contributed by atoms with van der Waals surface area (Å²) in [5.74, 6) is -0.168. The summed E-state index contributed by atoms with van der Waals surface area (Å²) in [7, 11) is 0. The molecule has 0 radical (unpaired) electrons. The van der Waals surface area contributed by atoms with Crippen molar-refractivity contribution in [2.75, 3.05) is 0 Å². The van der Waals surface area contributed by atoms with Gasteiger partial charge in [0.2, 0.25) is 0 Å². The van der Waals surface area contributed by atoms with Gasteiger partial charge in [-0.25, -0.2) is 0 Å². The lowest BCUT2D eigenvalue weighted by molar-refractivity contribution is -0.384. The number of hydrogen-bond acceptors (Lipinski definition) is 4. The van der Waals surface area contributed by atoms with Gasteiger partial charge in [0.1, 0.15) is 0 Å². The van der Waals surface area contributed by atoms with Gasteiger partial charge in [-0.3, -0.25) is 14.9 Å². The number of carbonyl (C=O) groups excluding carboxylic acids is 1. The number of allylic oxidation sites excluding steroid dienone is 1. The summed E-state index contributed by atoms with van der Waals surface area (Å²) in [6.07, 6.45) is 3.20. The molecule has 0 bridgehead atoms. The first-order valence-electron chi connectivity index (χ1n) is 5.17.